The van der Waals surface area contributed by atoms with Crippen molar-refractivity contribution in [2.45, 2.75) is 13.8 Å². The van der Waals surface area contributed by atoms with Crippen molar-refractivity contribution in [1.82, 2.24) is 19.6 Å². The lowest BCUT2D eigenvalue weighted by Gasteiger charge is -1.94. The lowest BCUT2D eigenvalue weighted by molar-refractivity contribution is 0.923. The maximum absolute atomic E-state index is 3.97. The highest BCUT2D eigenvalue weighted by Gasteiger charge is 1.89. The van der Waals surface area contributed by atoms with Crippen molar-refractivity contribution in [3.05, 3.63) is 36.9 Å². The van der Waals surface area contributed by atoms with E-state index < -0.39 is 0 Å². The van der Waals surface area contributed by atoms with Crippen LogP contribution in [0.25, 0.3) is 0 Å². The quantitative estimate of drug-likeness (QED) is 0.523. The fourth-order valence-corrected chi connectivity index (χ4v) is 1.13. The molecular formula is C12H18N6. The van der Waals surface area contributed by atoms with E-state index in [0.29, 0.717) is 0 Å². The molecule has 0 saturated heterocycles. The molecule has 0 aromatic carbocycles. The third-order valence-corrected chi connectivity index (χ3v) is 2.32. The fraction of sp³-hybridized carbons (Fsp3) is 0.333. The van der Waals surface area contributed by atoms with Crippen LogP contribution in [0.3, 0.4) is 0 Å². The molecular weight excluding hydrogens is 228 g/mol. The van der Waals surface area contributed by atoms with Crippen molar-refractivity contribution in [2.24, 2.45) is 9.98 Å². The van der Waals surface area contributed by atoms with Gasteiger partial charge in [0.15, 0.2) is 0 Å². The first-order valence-corrected chi connectivity index (χ1v) is 5.55. The summed E-state index contributed by atoms with van der Waals surface area (Å²) in [5.74, 6) is 1.81. The zero-order chi connectivity index (χ0) is 13.4. The molecule has 0 bridgehead atoms. The van der Waals surface area contributed by atoms with E-state index in [1.54, 1.807) is 35.9 Å². The van der Waals surface area contributed by atoms with E-state index in [1.807, 2.05) is 38.4 Å². The average Bonchev–Trinajstić information content (AvgIpc) is 3.09. The molecule has 2 heterocycles. The van der Waals surface area contributed by atoms with E-state index in [2.05, 4.69) is 20.2 Å². The van der Waals surface area contributed by atoms with Crippen molar-refractivity contribution in [3.63, 3.8) is 0 Å². The molecule has 0 saturated carbocycles. The predicted molar refractivity (Wildman–Crippen MR) is 73.3 cm³/mol. The standard InChI is InChI=1S/2C6H9N3/c2*1-6(7-2)9-5-3-4-8-9/h2*3-5H,1-2H3. The Morgan fingerprint density at radius 3 is 1.44 bits per heavy atom. The summed E-state index contributed by atoms with van der Waals surface area (Å²) in [6.45, 7) is 3.82. The Hall–Kier alpha value is -2.24. The first-order chi connectivity index (χ1) is 8.69. The minimum Gasteiger partial charge on any atom is -0.274 e. The summed E-state index contributed by atoms with van der Waals surface area (Å²) in [5.41, 5.74) is 0. The molecule has 2 aromatic rings. The number of aliphatic imine (C=N–C) groups is 2. The minimum absolute atomic E-state index is 0.903. The van der Waals surface area contributed by atoms with Gasteiger partial charge in [0.1, 0.15) is 11.7 Å². The number of hydrogen-bond acceptors (Lipinski definition) is 4. The van der Waals surface area contributed by atoms with Gasteiger partial charge >= 0.3 is 0 Å². The monoisotopic (exact) mass is 246 g/mol. The third kappa shape index (κ3) is 3.97. The van der Waals surface area contributed by atoms with Crippen LogP contribution < -0.4 is 0 Å². The van der Waals surface area contributed by atoms with Gasteiger partial charge in [-0.2, -0.15) is 10.2 Å². The van der Waals surface area contributed by atoms with Gasteiger partial charge in [0.2, 0.25) is 0 Å². The van der Waals surface area contributed by atoms with E-state index in [0.717, 1.165) is 11.7 Å². The Bertz CT molecular complexity index is 444. The molecule has 0 amide bonds. The Balaban J connectivity index is 0.000000180. The molecule has 6 heteroatoms. The first-order valence-electron chi connectivity index (χ1n) is 5.55. The van der Waals surface area contributed by atoms with Crippen molar-refractivity contribution in [2.75, 3.05) is 14.1 Å². The molecule has 0 aliphatic rings. The smallest absolute Gasteiger partial charge is 0.121 e. The van der Waals surface area contributed by atoms with Crippen LogP contribution in [-0.4, -0.2) is 45.3 Å². The lowest BCUT2D eigenvalue weighted by Crippen LogP contribution is -2.06. The van der Waals surface area contributed by atoms with E-state index in [4.69, 9.17) is 0 Å². The maximum atomic E-state index is 3.97. The Labute approximate surface area is 107 Å². The summed E-state index contributed by atoms with van der Waals surface area (Å²) in [7, 11) is 3.49. The zero-order valence-electron chi connectivity index (χ0n) is 11.1. The van der Waals surface area contributed by atoms with E-state index in [9.17, 15) is 0 Å². The number of nitrogens with zero attached hydrogens (tertiary/aromatic N) is 6. The third-order valence-electron chi connectivity index (χ3n) is 2.32. The molecule has 0 atom stereocenters. The second-order valence-electron chi connectivity index (χ2n) is 3.44. The van der Waals surface area contributed by atoms with E-state index >= 15 is 0 Å². The summed E-state index contributed by atoms with van der Waals surface area (Å²) in [4.78, 5) is 7.90. The normalized spacial score (nSPS) is 12.0. The van der Waals surface area contributed by atoms with Crippen LogP contribution in [0.2, 0.25) is 0 Å². The van der Waals surface area contributed by atoms with Gasteiger partial charge < -0.3 is 0 Å². The maximum Gasteiger partial charge on any atom is 0.121 e. The summed E-state index contributed by atoms with van der Waals surface area (Å²) in [6.07, 6.45) is 7.19. The van der Waals surface area contributed by atoms with Crippen molar-refractivity contribution in [3.8, 4) is 0 Å². The second kappa shape index (κ2) is 7.16. The Morgan fingerprint density at radius 2 is 1.22 bits per heavy atom. The van der Waals surface area contributed by atoms with Crippen LogP contribution in [0.1, 0.15) is 13.8 Å². The molecule has 0 aliphatic heterocycles. The summed E-state index contributed by atoms with van der Waals surface area (Å²) in [6, 6.07) is 3.74. The minimum atomic E-state index is 0.903. The highest BCUT2D eigenvalue weighted by Crippen LogP contribution is 1.84. The van der Waals surface area contributed by atoms with Gasteiger partial charge in [0, 0.05) is 38.9 Å². The van der Waals surface area contributed by atoms with E-state index in [1.165, 1.54) is 0 Å². The summed E-state index contributed by atoms with van der Waals surface area (Å²) in [5, 5.41) is 7.95. The molecule has 6 nitrogen and oxygen atoms in total. The van der Waals surface area contributed by atoms with Crippen LogP contribution in [-0.2, 0) is 0 Å². The van der Waals surface area contributed by atoms with Crippen LogP contribution in [0.5, 0.6) is 0 Å². The summed E-state index contributed by atoms with van der Waals surface area (Å²) >= 11 is 0. The van der Waals surface area contributed by atoms with Crippen LogP contribution in [0.4, 0.5) is 0 Å². The van der Waals surface area contributed by atoms with Crippen molar-refractivity contribution in [1.29, 1.82) is 0 Å². The topological polar surface area (TPSA) is 60.4 Å². The Morgan fingerprint density at radius 1 is 0.833 bits per heavy atom. The molecule has 2 rings (SSSR count). The van der Waals surface area contributed by atoms with Crippen LogP contribution in [0.15, 0.2) is 46.9 Å². The van der Waals surface area contributed by atoms with Gasteiger partial charge in [-0.05, 0) is 26.0 Å². The molecule has 0 spiro atoms. The number of rotatable bonds is 0. The van der Waals surface area contributed by atoms with E-state index in [-0.39, 0.29) is 0 Å². The van der Waals surface area contributed by atoms with Gasteiger partial charge in [-0.25, -0.2) is 9.36 Å². The van der Waals surface area contributed by atoms with Crippen LogP contribution in [0, 0.1) is 0 Å². The average molecular weight is 246 g/mol. The fourth-order valence-electron chi connectivity index (χ4n) is 1.13. The molecule has 0 unspecified atom stereocenters. The lowest BCUT2D eigenvalue weighted by atomic mass is 10.6. The Kier molecular flexibility index (Phi) is 5.50. The molecule has 96 valence electrons. The zero-order valence-corrected chi connectivity index (χ0v) is 11.1. The molecule has 18 heavy (non-hydrogen) atoms. The van der Waals surface area contributed by atoms with Gasteiger partial charge in [-0.1, -0.05) is 0 Å². The van der Waals surface area contributed by atoms with Gasteiger partial charge in [0.05, 0.1) is 0 Å². The highest BCUT2D eigenvalue weighted by atomic mass is 15.3. The summed E-state index contributed by atoms with van der Waals surface area (Å²) < 4.78 is 3.44. The van der Waals surface area contributed by atoms with Gasteiger partial charge in [-0.15, -0.1) is 0 Å². The number of aromatic nitrogens is 4. The number of hydrogen-bond donors (Lipinski definition) is 0. The molecule has 2 aromatic heterocycles. The highest BCUT2D eigenvalue weighted by molar-refractivity contribution is 5.81. The van der Waals surface area contributed by atoms with Crippen molar-refractivity contribution >= 4 is 11.7 Å². The largest absolute Gasteiger partial charge is 0.274 e. The molecule has 0 N–H and O–H groups in total. The molecule has 0 aliphatic carbocycles. The van der Waals surface area contributed by atoms with Crippen molar-refractivity contribution < 1.29 is 0 Å². The molecule has 0 fully saturated rings. The molecule has 0 radical (unpaired) electrons. The first kappa shape index (κ1) is 13.8. The van der Waals surface area contributed by atoms with Crippen LogP contribution >= 0.6 is 0 Å². The SMILES string of the molecule is CN=C(C)n1cccn1.CN=C(C)n1cccn1. The van der Waals surface area contributed by atoms with Gasteiger partial charge in [-0.3, -0.25) is 9.98 Å². The van der Waals surface area contributed by atoms with Gasteiger partial charge in [0.25, 0.3) is 0 Å². The second-order valence-corrected chi connectivity index (χ2v) is 3.44. The predicted octanol–water partition coefficient (Wildman–Crippen LogP) is 1.56.